The maximum Gasteiger partial charge on any atom is 0.127 e. The Balaban J connectivity index is 2.42. The lowest BCUT2D eigenvalue weighted by molar-refractivity contribution is 0.408. The normalized spacial score (nSPS) is 11.8. The van der Waals surface area contributed by atoms with Gasteiger partial charge >= 0.3 is 0 Å². The molecule has 0 spiro atoms. The van der Waals surface area contributed by atoms with E-state index in [0.717, 1.165) is 0 Å². The minimum absolute atomic E-state index is 0.151. The van der Waals surface area contributed by atoms with Crippen LogP contribution in [0.4, 0.5) is 4.39 Å². The van der Waals surface area contributed by atoms with Gasteiger partial charge in [-0.2, -0.15) is 5.26 Å². The van der Waals surface area contributed by atoms with Crippen molar-refractivity contribution in [3.8, 4) is 11.8 Å². The van der Waals surface area contributed by atoms with Crippen molar-refractivity contribution < 1.29 is 9.13 Å². The van der Waals surface area contributed by atoms with Crippen molar-refractivity contribution in [3.63, 3.8) is 0 Å². The summed E-state index contributed by atoms with van der Waals surface area (Å²) in [6.45, 7) is 0. The molecule has 5 heteroatoms. The topological polar surface area (TPSA) is 33.0 Å². The van der Waals surface area contributed by atoms with E-state index in [2.05, 4.69) is 6.07 Å². The van der Waals surface area contributed by atoms with Crippen LogP contribution in [0.1, 0.15) is 17.0 Å². The second-order valence-electron chi connectivity index (χ2n) is 4.47. The Hall–Kier alpha value is -1.76. The first-order valence-corrected chi connectivity index (χ1v) is 6.98. The Labute approximate surface area is 132 Å². The van der Waals surface area contributed by atoms with Crippen LogP contribution in [0.2, 0.25) is 10.0 Å². The van der Waals surface area contributed by atoms with Crippen LogP contribution in [0, 0.1) is 17.1 Å². The van der Waals surface area contributed by atoms with Crippen molar-refractivity contribution >= 4 is 23.2 Å². The zero-order chi connectivity index (χ0) is 15.4. The first-order valence-electron chi connectivity index (χ1n) is 6.22. The summed E-state index contributed by atoms with van der Waals surface area (Å²) >= 11 is 12.0. The van der Waals surface area contributed by atoms with Gasteiger partial charge < -0.3 is 4.74 Å². The summed E-state index contributed by atoms with van der Waals surface area (Å²) in [6.07, 6.45) is 0.151. The minimum atomic E-state index is -0.604. The molecule has 0 saturated carbocycles. The van der Waals surface area contributed by atoms with Gasteiger partial charge in [-0.15, -0.1) is 0 Å². The van der Waals surface area contributed by atoms with Gasteiger partial charge in [0.15, 0.2) is 0 Å². The van der Waals surface area contributed by atoms with Gasteiger partial charge in [-0.25, -0.2) is 4.39 Å². The molecule has 0 fully saturated rings. The van der Waals surface area contributed by atoms with Crippen LogP contribution in [0.15, 0.2) is 36.4 Å². The third kappa shape index (κ3) is 3.47. The fourth-order valence-electron chi connectivity index (χ4n) is 2.13. The number of benzene rings is 2. The second kappa shape index (κ2) is 6.80. The number of ether oxygens (including phenoxy) is 1. The van der Waals surface area contributed by atoms with Crippen molar-refractivity contribution in [3.05, 3.63) is 63.4 Å². The van der Waals surface area contributed by atoms with Crippen LogP contribution < -0.4 is 4.74 Å². The standard InChI is InChI=1S/C16H12Cl2FNO/c1-21-16-6-5-11(17)8-12(16)10(9-20)7-13-14(18)3-2-4-15(13)19/h2-6,8,10H,7H2,1H3. The molecule has 0 amide bonds. The summed E-state index contributed by atoms with van der Waals surface area (Å²) in [5.41, 5.74) is 0.930. The van der Waals surface area contributed by atoms with Gasteiger partial charge in [0.05, 0.1) is 19.1 Å². The quantitative estimate of drug-likeness (QED) is 0.794. The van der Waals surface area contributed by atoms with E-state index in [1.165, 1.54) is 19.2 Å². The second-order valence-corrected chi connectivity index (χ2v) is 5.32. The number of nitrogens with zero attached hydrogens (tertiary/aromatic N) is 1. The molecule has 0 saturated heterocycles. The lowest BCUT2D eigenvalue weighted by atomic mass is 9.92. The summed E-state index contributed by atoms with van der Waals surface area (Å²) in [5.74, 6) is -0.491. The summed E-state index contributed by atoms with van der Waals surface area (Å²) in [5, 5.41) is 10.2. The highest BCUT2D eigenvalue weighted by Crippen LogP contribution is 2.33. The Kier molecular flexibility index (Phi) is 5.06. The number of hydrogen-bond donors (Lipinski definition) is 0. The third-order valence-corrected chi connectivity index (χ3v) is 3.78. The fraction of sp³-hybridized carbons (Fsp3) is 0.188. The molecule has 1 unspecified atom stereocenters. The van der Waals surface area contributed by atoms with Crippen molar-refractivity contribution in [2.45, 2.75) is 12.3 Å². The number of rotatable bonds is 4. The van der Waals surface area contributed by atoms with E-state index in [0.29, 0.717) is 26.9 Å². The van der Waals surface area contributed by atoms with Crippen LogP contribution in [0.25, 0.3) is 0 Å². The van der Waals surface area contributed by atoms with Crippen LogP contribution in [0.3, 0.4) is 0 Å². The minimum Gasteiger partial charge on any atom is -0.496 e. The van der Waals surface area contributed by atoms with Gasteiger partial charge in [0.25, 0.3) is 0 Å². The zero-order valence-corrected chi connectivity index (χ0v) is 12.7. The SMILES string of the molecule is COc1ccc(Cl)cc1C(C#N)Cc1c(F)cccc1Cl. The predicted octanol–water partition coefficient (Wildman–Crippen LogP) is 4.99. The molecule has 21 heavy (non-hydrogen) atoms. The number of nitriles is 1. The molecule has 0 aromatic heterocycles. The first kappa shape index (κ1) is 15.6. The molecule has 0 aliphatic carbocycles. The van der Waals surface area contributed by atoms with Gasteiger partial charge in [-0.1, -0.05) is 29.3 Å². The van der Waals surface area contributed by atoms with Gasteiger partial charge in [0.1, 0.15) is 11.6 Å². The van der Waals surface area contributed by atoms with E-state index in [4.69, 9.17) is 27.9 Å². The molecule has 2 rings (SSSR count). The van der Waals surface area contributed by atoms with E-state index < -0.39 is 11.7 Å². The predicted molar refractivity (Wildman–Crippen MR) is 81.5 cm³/mol. The van der Waals surface area contributed by atoms with Gasteiger partial charge in [-0.05, 0) is 36.8 Å². The zero-order valence-electron chi connectivity index (χ0n) is 11.2. The lowest BCUT2D eigenvalue weighted by Crippen LogP contribution is -2.05. The van der Waals surface area contributed by atoms with Crippen molar-refractivity contribution in [1.82, 2.24) is 0 Å². The number of hydrogen-bond acceptors (Lipinski definition) is 2. The molecule has 0 heterocycles. The van der Waals surface area contributed by atoms with E-state index in [1.807, 2.05) is 0 Å². The van der Waals surface area contributed by atoms with Crippen LogP contribution in [0.5, 0.6) is 5.75 Å². The molecule has 0 N–H and O–H groups in total. The average Bonchev–Trinajstić information content (AvgIpc) is 2.47. The molecular formula is C16H12Cl2FNO. The Morgan fingerprint density at radius 3 is 2.67 bits per heavy atom. The molecule has 108 valence electrons. The monoisotopic (exact) mass is 323 g/mol. The molecule has 0 aliphatic heterocycles. The van der Waals surface area contributed by atoms with Crippen LogP contribution in [-0.4, -0.2) is 7.11 Å². The fourth-order valence-corrected chi connectivity index (χ4v) is 2.55. The maximum atomic E-state index is 13.9. The molecular weight excluding hydrogens is 312 g/mol. The average molecular weight is 324 g/mol. The lowest BCUT2D eigenvalue weighted by Gasteiger charge is -2.15. The Morgan fingerprint density at radius 2 is 2.05 bits per heavy atom. The molecule has 1 atom stereocenters. The highest BCUT2D eigenvalue weighted by molar-refractivity contribution is 6.31. The third-order valence-electron chi connectivity index (χ3n) is 3.19. The largest absolute Gasteiger partial charge is 0.496 e. The number of halogens is 3. The van der Waals surface area contributed by atoms with Crippen molar-refractivity contribution in [2.75, 3.05) is 7.11 Å². The molecule has 2 aromatic rings. The van der Waals surface area contributed by atoms with Crippen molar-refractivity contribution in [1.29, 1.82) is 5.26 Å². The van der Waals surface area contributed by atoms with E-state index in [9.17, 15) is 9.65 Å². The first-order chi connectivity index (χ1) is 10.1. The summed E-state index contributed by atoms with van der Waals surface area (Å²) in [6, 6.07) is 11.6. The maximum absolute atomic E-state index is 13.9. The molecule has 2 aromatic carbocycles. The number of methoxy groups -OCH3 is 1. The van der Waals surface area contributed by atoms with Gasteiger partial charge in [-0.3, -0.25) is 0 Å². The van der Waals surface area contributed by atoms with E-state index in [1.54, 1.807) is 24.3 Å². The van der Waals surface area contributed by atoms with Gasteiger partial charge in [0, 0.05) is 21.2 Å². The van der Waals surface area contributed by atoms with Gasteiger partial charge in [0.2, 0.25) is 0 Å². The van der Waals surface area contributed by atoms with E-state index >= 15 is 0 Å². The molecule has 0 aliphatic rings. The highest BCUT2D eigenvalue weighted by Gasteiger charge is 2.20. The summed E-state index contributed by atoms with van der Waals surface area (Å²) in [7, 11) is 1.51. The van der Waals surface area contributed by atoms with E-state index in [-0.39, 0.29) is 6.42 Å². The Morgan fingerprint density at radius 1 is 1.29 bits per heavy atom. The molecule has 0 bridgehead atoms. The summed E-state index contributed by atoms with van der Waals surface area (Å²) < 4.78 is 19.1. The molecule has 0 radical (unpaired) electrons. The summed E-state index contributed by atoms with van der Waals surface area (Å²) in [4.78, 5) is 0. The molecule has 2 nitrogen and oxygen atoms in total. The van der Waals surface area contributed by atoms with Crippen molar-refractivity contribution in [2.24, 2.45) is 0 Å². The Bertz CT molecular complexity index is 677. The van der Waals surface area contributed by atoms with Crippen LogP contribution >= 0.6 is 23.2 Å². The smallest absolute Gasteiger partial charge is 0.127 e. The highest BCUT2D eigenvalue weighted by atomic mass is 35.5. The van der Waals surface area contributed by atoms with Crippen LogP contribution in [-0.2, 0) is 6.42 Å².